The van der Waals surface area contributed by atoms with Gasteiger partial charge in [-0.05, 0) is 60.5 Å². The third kappa shape index (κ3) is 5.69. The first-order valence-corrected chi connectivity index (χ1v) is 9.34. The van der Waals surface area contributed by atoms with Gasteiger partial charge >= 0.3 is 6.18 Å². The molecule has 0 N–H and O–H groups in total. The molecular weight excluding hydrogens is 425 g/mol. The fourth-order valence-electron chi connectivity index (χ4n) is 2.57. The van der Waals surface area contributed by atoms with E-state index >= 15 is 0 Å². The number of carbonyl (C=O) groups is 1. The van der Waals surface area contributed by atoms with Gasteiger partial charge in [-0.1, -0.05) is 41.5 Å². The van der Waals surface area contributed by atoms with E-state index in [0.29, 0.717) is 22.4 Å². The number of carbonyl (C=O) groups excluding carboxylic acids is 1. The van der Waals surface area contributed by atoms with Crippen LogP contribution in [0.5, 0.6) is 5.75 Å². The van der Waals surface area contributed by atoms with Gasteiger partial charge in [-0.3, -0.25) is 4.79 Å². The molecule has 0 radical (unpaired) electrons. The maximum absolute atomic E-state index is 12.9. The molecule has 0 unspecified atom stereocenters. The molecule has 2 nitrogen and oxygen atoms in total. The van der Waals surface area contributed by atoms with E-state index in [9.17, 15) is 18.0 Å². The summed E-state index contributed by atoms with van der Waals surface area (Å²) in [7, 11) is 1.53. The molecular formula is C25H14ClF3O2. The SMILES string of the molecule is COc1ccc(C(=O)C#Cc2ccccc2C#Cc2cc(C(F)(F)F)ccc2Cl)cc1. The molecule has 0 fully saturated rings. The standard InChI is InChI=1S/C25H14ClF3O2/c1-31-22-12-8-19(9-13-22)24(30)15-10-18-5-3-2-4-17(18)6-7-20-16-21(25(27,28)29)11-14-23(20)26/h2-5,8-9,11-14,16H,1H3. The average molecular weight is 439 g/mol. The van der Waals surface area contributed by atoms with E-state index in [1.807, 2.05) is 0 Å². The lowest BCUT2D eigenvalue weighted by Crippen LogP contribution is -2.04. The predicted octanol–water partition coefficient (Wildman–Crippen LogP) is 6.00. The number of benzene rings is 3. The van der Waals surface area contributed by atoms with Crippen LogP contribution in [0, 0.1) is 23.7 Å². The fraction of sp³-hybridized carbons (Fsp3) is 0.0800. The second kappa shape index (κ2) is 9.43. The monoisotopic (exact) mass is 438 g/mol. The van der Waals surface area contributed by atoms with Gasteiger partial charge in [0.15, 0.2) is 0 Å². The molecule has 0 atom stereocenters. The molecule has 0 aromatic heterocycles. The molecule has 6 heteroatoms. The smallest absolute Gasteiger partial charge is 0.416 e. The number of methoxy groups -OCH3 is 1. The summed E-state index contributed by atoms with van der Waals surface area (Å²) in [5.74, 6) is 11.0. The normalized spacial score (nSPS) is 10.4. The molecule has 0 amide bonds. The van der Waals surface area contributed by atoms with E-state index in [0.717, 1.165) is 18.2 Å². The topological polar surface area (TPSA) is 26.3 Å². The van der Waals surface area contributed by atoms with Crippen molar-refractivity contribution in [3.63, 3.8) is 0 Å². The van der Waals surface area contributed by atoms with Crippen LogP contribution < -0.4 is 4.74 Å². The quantitative estimate of drug-likeness (QED) is 0.362. The third-order valence-corrected chi connectivity index (χ3v) is 4.55. The van der Waals surface area contributed by atoms with Crippen molar-refractivity contribution in [3.8, 4) is 29.4 Å². The Kier molecular flexibility index (Phi) is 6.70. The molecule has 3 rings (SSSR count). The molecule has 0 aliphatic carbocycles. The number of halogens is 4. The Balaban J connectivity index is 1.90. The number of hydrogen-bond acceptors (Lipinski definition) is 2. The van der Waals surface area contributed by atoms with Gasteiger partial charge in [0, 0.05) is 22.3 Å². The predicted molar refractivity (Wildman–Crippen MR) is 113 cm³/mol. The van der Waals surface area contributed by atoms with Gasteiger partial charge in [-0.15, -0.1) is 0 Å². The van der Waals surface area contributed by atoms with Gasteiger partial charge in [0.25, 0.3) is 0 Å². The van der Waals surface area contributed by atoms with Gasteiger partial charge < -0.3 is 4.74 Å². The minimum atomic E-state index is -4.49. The van der Waals surface area contributed by atoms with E-state index in [-0.39, 0.29) is 16.4 Å². The fourth-order valence-corrected chi connectivity index (χ4v) is 2.74. The van der Waals surface area contributed by atoms with Crippen LogP contribution in [0.25, 0.3) is 0 Å². The summed E-state index contributed by atoms with van der Waals surface area (Å²) >= 11 is 5.99. The Labute approximate surface area is 182 Å². The molecule has 0 aliphatic heterocycles. The Hall–Kier alpha value is -3.67. The zero-order valence-electron chi connectivity index (χ0n) is 16.2. The molecule has 0 spiro atoms. The number of alkyl halides is 3. The lowest BCUT2D eigenvalue weighted by molar-refractivity contribution is -0.137. The number of ketones is 1. The van der Waals surface area contributed by atoms with Gasteiger partial charge in [-0.25, -0.2) is 0 Å². The van der Waals surface area contributed by atoms with Crippen LogP contribution >= 0.6 is 11.6 Å². The van der Waals surface area contributed by atoms with Crippen LogP contribution in [0.15, 0.2) is 66.7 Å². The highest BCUT2D eigenvalue weighted by molar-refractivity contribution is 6.31. The molecule has 0 saturated heterocycles. The summed E-state index contributed by atoms with van der Waals surface area (Å²) in [5.41, 5.74) is 0.562. The van der Waals surface area contributed by atoms with Crippen LogP contribution in [0.2, 0.25) is 5.02 Å². The third-order valence-electron chi connectivity index (χ3n) is 4.22. The number of ether oxygens (including phenoxy) is 1. The Morgan fingerprint density at radius 1 is 0.871 bits per heavy atom. The molecule has 3 aromatic rings. The van der Waals surface area contributed by atoms with Crippen LogP contribution in [0.3, 0.4) is 0 Å². The highest BCUT2D eigenvalue weighted by Gasteiger charge is 2.30. The Bertz CT molecular complexity index is 1240. The largest absolute Gasteiger partial charge is 0.497 e. The van der Waals surface area contributed by atoms with E-state index in [2.05, 4.69) is 23.7 Å². The number of hydrogen-bond donors (Lipinski definition) is 0. The lowest BCUT2D eigenvalue weighted by Gasteiger charge is -2.07. The summed E-state index contributed by atoms with van der Waals surface area (Å²) < 4.78 is 43.9. The van der Waals surface area contributed by atoms with Crippen molar-refractivity contribution >= 4 is 17.4 Å². The zero-order chi connectivity index (χ0) is 22.4. The van der Waals surface area contributed by atoms with E-state index in [4.69, 9.17) is 16.3 Å². The number of rotatable bonds is 2. The average Bonchev–Trinajstić information content (AvgIpc) is 2.76. The molecule has 0 saturated carbocycles. The van der Waals surface area contributed by atoms with Crippen LogP contribution in [0.1, 0.15) is 32.6 Å². The summed E-state index contributed by atoms with van der Waals surface area (Å²) in [5, 5.41) is 0.110. The molecule has 3 aromatic carbocycles. The molecule has 0 heterocycles. The Morgan fingerprint density at radius 2 is 1.48 bits per heavy atom. The zero-order valence-corrected chi connectivity index (χ0v) is 16.9. The summed E-state index contributed by atoms with van der Waals surface area (Å²) in [6, 6.07) is 16.3. The second-order valence-electron chi connectivity index (χ2n) is 6.30. The van der Waals surface area contributed by atoms with E-state index < -0.39 is 11.7 Å². The highest BCUT2D eigenvalue weighted by atomic mass is 35.5. The van der Waals surface area contributed by atoms with Gasteiger partial charge in [-0.2, -0.15) is 13.2 Å². The van der Waals surface area contributed by atoms with Crippen molar-refractivity contribution in [2.45, 2.75) is 6.18 Å². The van der Waals surface area contributed by atoms with Crippen molar-refractivity contribution in [1.29, 1.82) is 0 Å². The van der Waals surface area contributed by atoms with E-state index in [1.54, 1.807) is 48.5 Å². The summed E-state index contributed by atoms with van der Waals surface area (Å²) in [6.07, 6.45) is -4.49. The molecule has 0 aliphatic rings. The lowest BCUT2D eigenvalue weighted by atomic mass is 10.1. The van der Waals surface area contributed by atoms with Crippen LogP contribution in [-0.4, -0.2) is 12.9 Å². The van der Waals surface area contributed by atoms with E-state index in [1.165, 1.54) is 7.11 Å². The van der Waals surface area contributed by atoms with Crippen molar-refractivity contribution in [3.05, 3.63) is 99.6 Å². The first-order chi connectivity index (χ1) is 14.8. The van der Waals surface area contributed by atoms with Crippen molar-refractivity contribution < 1.29 is 22.7 Å². The summed E-state index contributed by atoms with van der Waals surface area (Å²) in [4.78, 5) is 12.3. The summed E-state index contributed by atoms with van der Waals surface area (Å²) in [6.45, 7) is 0. The van der Waals surface area contributed by atoms with Crippen LogP contribution in [-0.2, 0) is 6.18 Å². The maximum atomic E-state index is 12.9. The van der Waals surface area contributed by atoms with Crippen molar-refractivity contribution in [2.75, 3.05) is 7.11 Å². The van der Waals surface area contributed by atoms with Gasteiger partial charge in [0.2, 0.25) is 5.78 Å². The first-order valence-electron chi connectivity index (χ1n) is 8.96. The highest BCUT2D eigenvalue weighted by Crippen LogP contribution is 2.31. The molecule has 154 valence electrons. The first kappa shape index (κ1) is 22.0. The Morgan fingerprint density at radius 3 is 2.10 bits per heavy atom. The van der Waals surface area contributed by atoms with Crippen LogP contribution in [0.4, 0.5) is 13.2 Å². The minimum Gasteiger partial charge on any atom is -0.497 e. The van der Waals surface area contributed by atoms with Gasteiger partial charge in [0.1, 0.15) is 5.75 Å². The second-order valence-corrected chi connectivity index (χ2v) is 6.70. The van der Waals surface area contributed by atoms with Crippen molar-refractivity contribution in [2.24, 2.45) is 0 Å². The molecule has 31 heavy (non-hydrogen) atoms. The minimum absolute atomic E-state index is 0.0496. The van der Waals surface area contributed by atoms with Gasteiger partial charge in [0.05, 0.1) is 17.7 Å². The molecule has 0 bridgehead atoms. The maximum Gasteiger partial charge on any atom is 0.416 e. The van der Waals surface area contributed by atoms with Crippen molar-refractivity contribution in [1.82, 2.24) is 0 Å². The number of Topliss-reactive ketones (excluding diaryl/α,β-unsaturated/α-hetero) is 1.